The minimum absolute atomic E-state index is 0.275. The maximum absolute atomic E-state index is 12.0. The van der Waals surface area contributed by atoms with Gasteiger partial charge in [-0.15, -0.1) is 0 Å². The van der Waals surface area contributed by atoms with Gasteiger partial charge < -0.3 is 5.11 Å². The van der Waals surface area contributed by atoms with E-state index in [0.717, 1.165) is 12.8 Å². The number of hydrogen-bond acceptors (Lipinski definition) is 2. The number of allylic oxidation sites excluding steroid dienone is 6. The van der Waals surface area contributed by atoms with Crippen molar-refractivity contribution in [3.8, 4) is 0 Å². The summed E-state index contributed by atoms with van der Waals surface area (Å²) in [5.41, 5.74) is 1.19. The van der Waals surface area contributed by atoms with E-state index in [1.807, 2.05) is 18.2 Å². The quantitative estimate of drug-likeness (QED) is 0.582. The van der Waals surface area contributed by atoms with Crippen LogP contribution in [-0.4, -0.2) is 17.0 Å². The number of aliphatic hydroxyl groups is 1. The van der Waals surface area contributed by atoms with Crippen molar-refractivity contribution in [3.05, 3.63) is 60.3 Å². The van der Waals surface area contributed by atoms with E-state index >= 15 is 0 Å². The van der Waals surface area contributed by atoms with Crippen molar-refractivity contribution in [1.82, 2.24) is 0 Å². The fourth-order valence-electron chi connectivity index (χ4n) is 1.64. The van der Waals surface area contributed by atoms with Gasteiger partial charge in [-0.2, -0.15) is 0 Å². The number of rotatable bonds is 5. The molecule has 0 spiro atoms. The Morgan fingerprint density at radius 3 is 2.82 bits per heavy atom. The second-order valence-corrected chi connectivity index (χ2v) is 3.79. The SMILES string of the molecule is C=C/C=C\C(=C/C)C(=O)C(O)C1=CCCC=C1. The molecule has 0 aromatic rings. The Labute approximate surface area is 102 Å². The molecule has 0 amide bonds. The predicted octanol–water partition coefficient (Wildman–Crippen LogP) is 2.88. The van der Waals surface area contributed by atoms with E-state index in [2.05, 4.69) is 6.58 Å². The number of carbonyl (C=O) groups is 1. The first kappa shape index (κ1) is 13.4. The molecule has 0 aliphatic heterocycles. The molecule has 1 aliphatic carbocycles. The van der Waals surface area contributed by atoms with Crippen LogP contribution in [0.2, 0.25) is 0 Å². The molecule has 0 saturated carbocycles. The minimum Gasteiger partial charge on any atom is -0.380 e. The zero-order valence-electron chi connectivity index (χ0n) is 10.1. The number of hydrogen-bond donors (Lipinski definition) is 1. The fourth-order valence-corrected chi connectivity index (χ4v) is 1.64. The summed E-state index contributed by atoms with van der Waals surface area (Å²) in [7, 11) is 0. The lowest BCUT2D eigenvalue weighted by molar-refractivity contribution is -0.121. The Kier molecular flexibility index (Phi) is 5.37. The fraction of sp³-hybridized carbons (Fsp3) is 0.267. The van der Waals surface area contributed by atoms with E-state index < -0.39 is 6.10 Å². The van der Waals surface area contributed by atoms with Gasteiger partial charge in [0.05, 0.1) is 0 Å². The first-order chi connectivity index (χ1) is 8.20. The second-order valence-electron chi connectivity index (χ2n) is 3.79. The maximum atomic E-state index is 12.0. The molecule has 0 saturated heterocycles. The molecule has 1 N–H and O–H groups in total. The highest BCUT2D eigenvalue weighted by molar-refractivity contribution is 6.03. The standard InChI is InChI=1S/C15H18O2/c1-3-5-9-12(4-2)14(16)15(17)13-10-7-6-8-11-13/h3-5,7,9-11,15,17H,1,6,8H2,2H3/b9-5-,12-4+. The van der Waals surface area contributed by atoms with Crippen molar-refractivity contribution in [1.29, 1.82) is 0 Å². The smallest absolute Gasteiger partial charge is 0.195 e. The first-order valence-corrected chi connectivity index (χ1v) is 5.75. The van der Waals surface area contributed by atoms with Gasteiger partial charge in [-0.1, -0.05) is 49.1 Å². The van der Waals surface area contributed by atoms with Crippen molar-refractivity contribution in [2.45, 2.75) is 25.9 Å². The van der Waals surface area contributed by atoms with Gasteiger partial charge in [0.15, 0.2) is 5.78 Å². The van der Waals surface area contributed by atoms with Crippen LogP contribution in [0.5, 0.6) is 0 Å². The van der Waals surface area contributed by atoms with E-state index in [1.54, 1.807) is 31.2 Å². The maximum Gasteiger partial charge on any atom is 0.195 e. The summed E-state index contributed by atoms with van der Waals surface area (Å²) in [6.07, 6.45) is 13.1. The molecule has 90 valence electrons. The van der Waals surface area contributed by atoms with Crippen molar-refractivity contribution in [2.24, 2.45) is 0 Å². The van der Waals surface area contributed by atoms with Crippen molar-refractivity contribution in [3.63, 3.8) is 0 Å². The van der Waals surface area contributed by atoms with Crippen LogP contribution in [0, 0.1) is 0 Å². The Balaban J connectivity index is 2.81. The van der Waals surface area contributed by atoms with Crippen molar-refractivity contribution < 1.29 is 9.90 Å². The summed E-state index contributed by atoms with van der Waals surface area (Å²) in [6, 6.07) is 0. The molecule has 0 heterocycles. The number of ketones is 1. The normalized spacial score (nSPS) is 18.0. The Morgan fingerprint density at radius 2 is 2.29 bits per heavy atom. The molecule has 0 bridgehead atoms. The van der Waals surface area contributed by atoms with Crippen molar-refractivity contribution in [2.75, 3.05) is 0 Å². The van der Waals surface area contributed by atoms with Crippen LogP contribution in [0.25, 0.3) is 0 Å². The van der Waals surface area contributed by atoms with Crippen LogP contribution in [0.4, 0.5) is 0 Å². The third-order valence-corrected chi connectivity index (χ3v) is 2.60. The Hall–Kier alpha value is -1.67. The van der Waals surface area contributed by atoms with Gasteiger partial charge in [-0.05, 0) is 25.3 Å². The highest BCUT2D eigenvalue weighted by Gasteiger charge is 2.20. The number of aliphatic hydroxyl groups excluding tert-OH is 1. The van der Waals surface area contributed by atoms with E-state index in [-0.39, 0.29) is 5.78 Å². The van der Waals surface area contributed by atoms with Crippen LogP contribution in [0.3, 0.4) is 0 Å². The average molecular weight is 230 g/mol. The van der Waals surface area contributed by atoms with Crippen molar-refractivity contribution >= 4 is 5.78 Å². The zero-order chi connectivity index (χ0) is 12.7. The van der Waals surface area contributed by atoms with E-state index in [4.69, 9.17) is 0 Å². The molecule has 1 unspecified atom stereocenters. The van der Waals surface area contributed by atoms with Crippen LogP contribution in [0.1, 0.15) is 19.8 Å². The second kappa shape index (κ2) is 6.81. The molecule has 1 rings (SSSR count). The first-order valence-electron chi connectivity index (χ1n) is 5.75. The molecule has 0 fully saturated rings. The summed E-state index contributed by atoms with van der Waals surface area (Å²) < 4.78 is 0. The summed E-state index contributed by atoms with van der Waals surface area (Å²) in [5, 5.41) is 9.97. The largest absolute Gasteiger partial charge is 0.380 e. The van der Waals surface area contributed by atoms with Gasteiger partial charge in [-0.25, -0.2) is 0 Å². The molecule has 0 aromatic carbocycles. The molecular weight excluding hydrogens is 212 g/mol. The molecule has 1 atom stereocenters. The topological polar surface area (TPSA) is 37.3 Å². The monoisotopic (exact) mass is 230 g/mol. The Morgan fingerprint density at radius 1 is 1.53 bits per heavy atom. The van der Waals surface area contributed by atoms with Gasteiger partial charge in [0, 0.05) is 5.57 Å². The lowest BCUT2D eigenvalue weighted by Crippen LogP contribution is -2.23. The molecule has 0 radical (unpaired) electrons. The molecule has 17 heavy (non-hydrogen) atoms. The third kappa shape index (κ3) is 3.68. The highest BCUT2D eigenvalue weighted by Crippen LogP contribution is 2.17. The zero-order valence-corrected chi connectivity index (χ0v) is 10.1. The van der Waals surface area contributed by atoms with E-state index in [9.17, 15) is 9.90 Å². The van der Waals surface area contributed by atoms with Gasteiger partial charge in [0.1, 0.15) is 6.10 Å². The molecule has 0 aromatic heterocycles. The third-order valence-electron chi connectivity index (χ3n) is 2.60. The highest BCUT2D eigenvalue weighted by atomic mass is 16.3. The summed E-state index contributed by atoms with van der Waals surface area (Å²) >= 11 is 0. The van der Waals surface area contributed by atoms with Gasteiger partial charge in [0.25, 0.3) is 0 Å². The lowest BCUT2D eigenvalue weighted by Gasteiger charge is -2.13. The summed E-state index contributed by atoms with van der Waals surface area (Å²) in [4.78, 5) is 12.0. The van der Waals surface area contributed by atoms with Gasteiger partial charge in [0.2, 0.25) is 0 Å². The number of carbonyl (C=O) groups excluding carboxylic acids is 1. The van der Waals surface area contributed by atoms with Crippen LogP contribution < -0.4 is 0 Å². The molecule has 1 aliphatic rings. The summed E-state index contributed by atoms with van der Waals surface area (Å²) in [5.74, 6) is -0.275. The van der Waals surface area contributed by atoms with E-state index in [0.29, 0.717) is 11.1 Å². The molecule has 2 nitrogen and oxygen atoms in total. The average Bonchev–Trinajstić information content (AvgIpc) is 2.39. The predicted molar refractivity (Wildman–Crippen MR) is 70.6 cm³/mol. The molecule has 2 heteroatoms. The number of Topliss-reactive ketones (excluding diaryl/α,β-unsaturated/α-hetero) is 1. The Bertz CT molecular complexity index is 409. The van der Waals surface area contributed by atoms with Gasteiger partial charge >= 0.3 is 0 Å². The van der Waals surface area contributed by atoms with Crippen LogP contribution in [0.15, 0.2) is 60.3 Å². The van der Waals surface area contributed by atoms with Crippen LogP contribution >= 0.6 is 0 Å². The van der Waals surface area contributed by atoms with Gasteiger partial charge in [-0.3, -0.25) is 4.79 Å². The van der Waals surface area contributed by atoms with Crippen LogP contribution in [-0.2, 0) is 4.79 Å². The lowest BCUT2D eigenvalue weighted by atomic mass is 9.95. The van der Waals surface area contributed by atoms with E-state index in [1.165, 1.54) is 0 Å². The molecular formula is C15H18O2. The minimum atomic E-state index is -1.06. The summed E-state index contributed by atoms with van der Waals surface area (Å²) in [6.45, 7) is 5.33.